The molecule has 0 bridgehead atoms. The van der Waals surface area contributed by atoms with E-state index in [0.29, 0.717) is 18.2 Å². The van der Waals surface area contributed by atoms with Gasteiger partial charge in [0.15, 0.2) is 0 Å². The largest absolute Gasteiger partial charge is 0.480 e. The van der Waals surface area contributed by atoms with Crippen molar-refractivity contribution in [2.45, 2.75) is 44.2 Å². The number of aromatic nitrogens is 2. The summed E-state index contributed by atoms with van der Waals surface area (Å²) in [6.45, 7) is 0. The number of nitrogens with one attached hydrogen (secondary N) is 1. The SMILES string of the molecule is COc1cncc(OC2CCC(NC(=O)Cc3cccs3)CC2)n1. The first-order valence-electron chi connectivity index (χ1n) is 8.07. The quantitative estimate of drug-likeness (QED) is 0.869. The molecule has 2 aromatic heterocycles. The Labute approximate surface area is 145 Å². The zero-order valence-electron chi connectivity index (χ0n) is 13.6. The molecule has 0 spiro atoms. The predicted molar refractivity (Wildman–Crippen MR) is 91.4 cm³/mol. The standard InChI is InChI=1S/C17H21N3O3S/c1-22-16-10-18-11-17(20-16)23-13-6-4-12(5-7-13)19-15(21)9-14-3-2-8-24-14/h2-3,8,10-13H,4-7,9H2,1H3,(H,19,21). The first kappa shape index (κ1) is 16.7. The number of carbonyl (C=O) groups is 1. The van der Waals surface area contributed by atoms with Crippen LogP contribution in [0.1, 0.15) is 30.6 Å². The molecule has 6 nitrogen and oxygen atoms in total. The molecule has 0 radical (unpaired) electrons. The van der Waals surface area contributed by atoms with Crippen molar-refractivity contribution in [1.29, 1.82) is 0 Å². The highest BCUT2D eigenvalue weighted by atomic mass is 32.1. The summed E-state index contributed by atoms with van der Waals surface area (Å²) in [6, 6.07) is 4.19. The van der Waals surface area contributed by atoms with Crippen LogP contribution in [0.5, 0.6) is 11.8 Å². The van der Waals surface area contributed by atoms with Gasteiger partial charge in [-0.3, -0.25) is 9.78 Å². The van der Waals surface area contributed by atoms with Gasteiger partial charge in [-0.25, -0.2) is 0 Å². The molecule has 0 saturated heterocycles. The van der Waals surface area contributed by atoms with E-state index < -0.39 is 0 Å². The summed E-state index contributed by atoms with van der Waals surface area (Å²) in [5.41, 5.74) is 0. The zero-order valence-corrected chi connectivity index (χ0v) is 14.4. The summed E-state index contributed by atoms with van der Waals surface area (Å²) in [7, 11) is 1.55. The van der Waals surface area contributed by atoms with Gasteiger partial charge < -0.3 is 14.8 Å². The number of thiophene rings is 1. The second-order valence-corrected chi connectivity index (χ2v) is 6.85. The number of amides is 1. The van der Waals surface area contributed by atoms with Crippen LogP contribution >= 0.6 is 11.3 Å². The minimum atomic E-state index is 0.0977. The molecule has 0 atom stereocenters. The maximum Gasteiger partial charge on any atom is 0.235 e. The monoisotopic (exact) mass is 347 g/mol. The molecule has 0 aliphatic heterocycles. The normalized spacial score (nSPS) is 20.4. The second-order valence-electron chi connectivity index (χ2n) is 5.81. The minimum Gasteiger partial charge on any atom is -0.480 e. The van der Waals surface area contributed by atoms with Crippen molar-refractivity contribution in [2.24, 2.45) is 0 Å². The number of carbonyl (C=O) groups excluding carboxylic acids is 1. The van der Waals surface area contributed by atoms with E-state index in [0.717, 1.165) is 30.6 Å². The Kier molecular flexibility index (Phi) is 5.63. The molecule has 2 aromatic rings. The van der Waals surface area contributed by atoms with E-state index in [4.69, 9.17) is 9.47 Å². The van der Waals surface area contributed by atoms with Crippen LogP contribution in [-0.2, 0) is 11.2 Å². The lowest BCUT2D eigenvalue weighted by molar-refractivity contribution is -0.121. The zero-order chi connectivity index (χ0) is 16.8. The Hall–Kier alpha value is -2.15. The molecule has 1 fully saturated rings. The van der Waals surface area contributed by atoms with Gasteiger partial charge in [-0.1, -0.05) is 6.07 Å². The summed E-state index contributed by atoms with van der Waals surface area (Å²) in [5, 5.41) is 5.12. The van der Waals surface area contributed by atoms with Crippen molar-refractivity contribution in [3.8, 4) is 11.8 Å². The minimum absolute atomic E-state index is 0.0977. The van der Waals surface area contributed by atoms with Gasteiger partial charge in [-0.15, -0.1) is 11.3 Å². The van der Waals surface area contributed by atoms with Crippen molar-refractivity contribution >= 4 is 17.2 Å². The van der Waals surface area contributed by atoms with Gasteiger partial charge in [0.1, 0.15) is 6.10 Å². The van der Waals surface area contributed by atoms with Crippen molar-refractivity contribution in [2.75, 3.05) is 7.11 Å². The Morgan fingerprint density at radius 1 is 1.29 bits per heavy atom. The Balaban J connectivity index is 1.42. The molecular weight excluding hydrogens is 326 g/mol. The van der Waals surface area contributed by atoms with E-state index in [1.165, 1.54) is 0 Å². The van der Waals surface area contributed by atoms with Crippen LogP contribution in [0.25, 0.3) is 0 Å². The smallest absolute Gasteiger partial charge is 0.235 e. The molecule has 7 heteroatoms. The van der Waals surface area contributed by atoms with Crippen molar-refractivity contribution < 1.29 is 14.3 Å². The number of hydrogen-bond donors (Lipinski definition) is 1. The average molecular weight is 347 g/mol. The first-order valence-corrected chi connectivity index (χ1v) is 8.95. The summed E-state index contributed by atoms with van der Waals surface area (Å²) >= 11 is 1.61. The molecule has 1 aliphatic rings. The van der Waals surface area contributed by atoms with Gasteiger partial charge in [-0.2, -0.15) is 4.98 Å². The summed E-state index contributed by atoms with van der Waals surface area (Å²) in [5.74, 6) is 1.03. The fourth-order valence-electron chi connectivity index (χ4n) is 2.83. The van der Waals surface area contributed by atoms with E-state index >= 15 is 0 Å². The molecule has 0 unspecified atom stereocenters. The van der Waals surface area contributed by atoms with Gasteiger partial charge in [0.2, 0.25) is 17.7 Å². The fourth-order valence-corrected chi connectivity index (χ4v) is 3.54. The molecular formula is C17H21N3O3S. The Morgan fingerprint density at radius 2 is 2.08 bits per heavy atom. The van der Waals surface area contributed by atoms with Gasteiger partial charge in [0.05, 0.1) is 25.9 Å². The first-order chi connectivity index (χ1) is 11.7. The Bertz CT molecular complexity index is 655. The van der Waals surface area contributed by atoms with E-state index in [2.05, 4.69) is 15.3 Å². The highest BCUT2D eigenvalue weighted by molar-refractivity contribution is 7.10. The third kappa shape index (κ3) is 4.67. The molecule has 128 valence electrons. The molecule has 24 heavy (non-hydrogen) atoms. The van der Waals surface area contributed by atoms with Gasteiger partial charge >= 0.3 is 0 Å². The third-order valence-electron chi connectivity index (χ3n) is 4.04. The van der Waals surface area contributed by atoms with Crippen molar-refractivity contribution in [3.63, 3.8) is 0 Å². The summed E-state index contributed by atoms with van der Waals surface area (Å²) in [4.78, 5) is 21.4. The maximum atomic E-state index is 12.1. The molecule has 2 heterocycles. The van der Waals surface area contributed by atoms with Gasteiger partial charge in [0.25, 0.3) is 0 Å². The number of hydrogen-bond acceptors (Lipinski definition) is 6. The maximum absolute atomic E-state index is 12.1. The number of ether oxygens (including phenoxy) is 2. The second kappa shape index (κ2) is 8.10. The third-order valence-corrected chi connectivity index (χ3v) is 4.92. The van der Waals surface area contributed by atoms with Crippen molar-refractivity contribution in [1.82, 2.24) is 15.3 Å². The van der Waals surface area contributed by atoms with E-state index in [1.807, 2.05) is 17.5 Å². The number of methoxy groups -OCH3 is 1. The summed E-state index contributed by atoms with van der Waals surface area (Å²) < 4.78 is 10.9. The highest BCUT2D eigenvalue weighted by Crippen LogP contribution is 2.23. The van der Waals surface area contributed by atoms with Crippen LogP contribution in [0.2, 0.25) is 0 Å². The van der Waals surface area contributed by atoms with Gasteiger partial charge in [0, 0.05) is 10.9 Å². The lowest BCUT2D eigenvalue weighted by Gasteiger charge is -2.29. The molecule has 0 aromatic carbocycles. The van der Waals surface area contributed by atoms with E-state index in [-0.39, 0.29) is 18.1 Å². The molecule has 1 saturated carbocycles. The van der Waals surface area contributed by atoms with Crippen LogP contribution in [0.3, 0.4) is 0 Å². The highest BCUT2D eigenvalue weighted by Gasteiger charge is 2.24. The van der Waals surface area contributed by atoms with Crippen LogP contribution in [-0.4, -0.2) is 35.1 Å². The molecule has 1 amide bonds. The van der Waals surface area contributed by atoms with E-state index in [1.54, 1.807) is 30.8 Å². The average Bonchev–Trinajstić information content (AvgIpc) is 3.09. The number of rotatable bonds is 6. The summed E-state index contributed by atoms with van der Waals surface area (Å²) in [6.07, 6.45) is 7.33. The fraction of sp³-hybridized carbons (Fsp3) is 0.471. The topological polar surface area (TPSA) is 73.3 Å². The lowest BCUT2D eigenvalue weighted by atomic mass is 9.93. The van der Waals surface area contributed by atoms with Crippen LogP contribution in [0.4, 0.5) is 0 Å². The van der Waals surface area contributed by atoms with Crippen LogP contribution < -0.4 is 14.8 Å². The molecule has 1 N–H and O–H groups in total. The van der Waals surface area contributed by atoms with Crippen LogP contribution in [0, 0.1) is 0 Å². The van der Waals surface area contributed by atoms with Crippen LogP contribution in [0.15, 0.2) is 29.9 Å². The lowest BCUT2D eigenvalue weighted by Crippen LogP contribution is -2.40. The number of nitrogens with zero attached hydrogens (tertiary/aromatic N) is 2. The van der Waals surface area contributed by atoms with Crippen molar-refractivity contribution in [3.05, 3.63) is 34.8 Å². The van der Waals surface area contributed by atoms with Gasteiger partial charge in [-0.05, 0) is 37.1 Å². The van der Waals surface area contributed by atoms with E-state index in [9.17, 15) is 4.79 Å². The predicted octanol–water partition coefficient (Wildman–Crippen LogP) is 2.60. The molecule has 1 aliphatic carbocycles. The Morgan fingerprint density at radius 3 is 2.79 bits per heavy atom. The molecule has 3 rings (SSSR count).